The first-order valence-corrected chi connectivity index (χ1v) is 7.18. The van der Waals surface area contributed by atoms with Crippen LogP contribution in [0.15, 0.2) is 42.5 Å². The van der Waals surface area contributed by atoms with Crippen LogP contribution in [0.1, 0.15) is 16.7 Å². The monoisotopic (exact) mass is 296 g/mol. The molecule has 22 heavy (non-hydrogen) atoms. The van der Waals surface area contributed by atoms with E-state index in [-0.39, 0.29) is 0 Å². The van der Waals surface area contributed by atoms with Gasteiger partial charge in [0.25, 0.3) is 0 Å². The van der Waals surface area contributed by atoms with Gasteiger partial charge in [0, 0.05) is 12.6 Å². The summed E-state index contributed by atoms with van der Waals surface area (Å²) in [4.78, 5) is 0. The van der Waals surface area contributed by atoms with E-state index in [0.29, 0.717) is 11.3 Å². The molecule has 0 bridgehead atoms. The first kappa shape index (κ1) is 15.9. The van der Waals surface area contributed by atoms with Gasteiger partial charge in [-0.05, 0) is 30.2 Å². The molecule has 0 atom stereocenters. The summed E-state index contributed by atoms with van der Waals surface area (Å²) >= 11 is 0. The summed E-state index contributed by atoms with van der Waals surface area (Å²) in [6.07, 6.45) is 0.804. The van der Waals surface area contributed by atoms with Crippen LogP contribution in [0.2, 0.25) is 0 Å². The van der Waals surface area contributed by atoms with E-state index in [1.54, 1.807) is 20.3 Å². The molecule has 0 unspecified atom stereocenters. The third kappa shape index (κ3) is 4.00. The third-order valence-corrected chi connectivity index (χ3v) is 3.47. The Morgan fingerprint density at radius 2 is 1.77 bits per heavy atom. The average molecular weight is 296 g/mol. The lowest BCUT2D eigenvalue weighted by molar-refractivity contribution is 0.397. The van der Waals surface area contributed by atoms with E-state index in [4.69, 9.17) is 14.7 Å². The Kier molecular flexibility index (Phi) is 5.81. The van der Waals surface area contributed by atoms with E-state index in [1.807, 2.05) is 24.3 Å². The predicted octanol–water partition coefficient (Wildman–Crippen LogP) is 2.91. The second-order valence-corrected chi connectivity index (χ2v) is 4.89. The molecule has 0 heterocycles. The summed E-state index contributed by atoms with van der Waals surface area (Å²) in [6, 6.07) is 16.0. The van der Waals surface area contributed by atoms with Crippen molar-refractivity contribution in [2.24, 2.45) is 0 Å². The summed E-state index contributed by atoms with van der Waals surface area (Å²) in [6.45, 7) is 1.65. The Balaban J connectivity index is 1.98. The largest absolute Gasteiger partial charge is 0.496 e. The second-order valence-electron chi connectivity index (χ2n) is 4.89. The van der Waals surface area contributed by atoms with Gasteiger partial charge in [-0.1, -0.05) is 30.3 Å². The molecule has 0 saturated heterocycles. The Hall–Kier alpha value is -2.51. The summed E-state index contributed by atoms with van der Waals surface area (Å²) in [5, 5.41) is 12.5. The molecule has 114 valence electrons. The molecule has 2 aromatic rings. The van der Waals surface area contributed by atoms with Crippen molar-refractivity contribution in [3.05, 3.63) is 59.2 Å². The molecule has 0 spiro atoms. The van der Waals surface area contributed by atoms with Crippen LogP contribution in [-0.4, -0.2) is 20.8 Å². The second kappa shape index (κ2) is 8.06. The maximum absolute atomic E-state index is 9.10. The van der Waals surface area contributed by atoms with Crippen LogP contribution < -0.4 is 14.8 Å². The van der Waals surface area contributed by atoms with E-state index in [9.17, 15) is 0 Å². The number of methoxy groups -OCH3 is 2. The molecule has 0 aliphatic heterocycles. The Bertz CT molecular complexity index is 648. The predicted molar refractivity (Wildman–Crippen MR) is 86.1 cm³/mol. The van der Waals surface area contributed by atoms with Crippen molar-refractivity contribution in [3.63, 3.8) is 0 Å². The maximum atomic E-state index is 9.10. The van der Waals surface area contributed by atoms with Gasteiger partial charge in [-0.2, -0.15) is 5.26 Å². The lowest BCUT2D eigenvalue weighted by Gasteiger charge is -2.12. The van der Waals surface area contributed by atoms with Crippen LogP contribution in [0.25, 0.3) is 0 Å². The Labute approximate surface area is 131 Å². The number of hydrogen-bond acceptors (Lipinski definition) is 4. The van der Waals surface area contributed by atoms with Crippen LogP contribution in [0.3, 0.4) is 0 Å². The third-order valence-electron chi connectivity index (χ3n) is 3.47. The number of ether oxygens (including phenoxy) is 2. The van der Waals surface area contributed by atoms with Gasteiger partial charge in [-0.3, -0.25) is 0 Å². The summed E-state index contributed by atoms with van der Waals surface area (Å²) in [5.41, 5.74) is 2.77. The van der Waals surface area contributed by atoms with Gasteiger partial charge < -0.3 is 14.8 Å². The van der Waals surface area contributed by atoms with E-state index in [1.165, 1.54) is 5.56 Å². The fourth-order valence-electron chi connectivity index (χ4n) is 2.30. The van der Waals surface area contributed by atoms with Gasteiger partial charge in [-0.15, -0.1) is 0 Å². The van der Waals surface area contributed by atoms with Crippen LogP contribution in [-0.2, 0) is 13.0 Å². The number of benzene rings is 2. The summed E-state index contributed by atoms with van der Waals surface area (Å²) < 4.78 is 10.6. The van der Waals surface area contributed by atoms with Crippen LogP contribution >= 0.6 is 0 Å². The van der Waals surface area contributed by atoms with Gasteiger partial charge in [0.2, 0.25) is 0 Å². The number of rotatable bonds is 7. The topological polar surface area (TPSA) is 54.3 Å². The average Bonchev–Trinajstić information content (AvgIpc) is 2.58. The van der Waals surface area contributed by atoms with Crippen molar-refractivity contribution in [2.45, 2.75) is 13.0 Å². The number of hydrogen-bond donors (Lipinski definition) is 1. The highest BCUT2D eigenvalue weighted by molar-refractivity contribution is 5.52. The zero-order valence-corrected chi connectivity index (χ0v) is 12.9. The molecular weight excluding hydrogens is 276 g/mol. The summed E-state index contributed by atoms with van der Waals surface area (Å²) in [7, 11) is 3.18. The normalized spacial score (nSPS) is 10.0. The maximum Gasteiger partial charge on any atom is 0.137 e. The molecule has 2 aromatic carbocycles. The Morgan fingerprint density at radius 3 is 2.41 bits per heavy atom. The molecule has 0 saturated carbocycles. The zero-order chi connectivity index (χ0) is 15.8. The van der Waals surface area contributed by atoms with Crippen molar-refractivity contribution in [2.75, 3.05) is 20.8 Å². The minimum absolute atomic E-state index is 0.486. The fraction of sp³-hybridized carbons (Fsp3) is 0.278. The van der Waals surface area contributed by atoms with Crippen molar-refractivity contribution in [1.82, 2.24) is 5.32 Å². The lowest BCUT2D eigenvalue weighted by Crippen LogP contribution is -2.17. The van der Waals surface area contributed by atoms with Crippen molar-refractivity contribution in [3.8, 4) is 17.6 Å². The molecule has 4 heteroatoms. The summed E-state index contributed by atoms with van der Waals surface area (Å²) in [5.74, 6) is 1.31. The van der Waals surface area contributed by atoms with Gasteiger partial charge in [0.1, 0.15) is 17.6 Å². The smallest absolute Gasteiger partial charge is 0.137 e. The SMILES string of the molecule is COc1cc(CCNCc2ccccc2)c(OC)cc1C#N. The van der Waals surface area contributed by atoms with E-state index in [2.05, 4.69) is 23.5 Å². The molecule has 1 N–H and O–H groups in total. The first-order valence-electron chi connectivity index (χ1n) is 7.18. The van der Waals surface area contributed by atoms with Gasteiger partial charge in [-0.25, -0.2) is 0 Å². The molecule has 4 nitrogen and oxygen atoms in total. The molecular formula is C18H20N2O2. The molecule has 0 fully saturated rings. The van der Waals surface area contributed by atoms with E-state index >= 15 is 0 Å². The highest BCUT2D eigenvalue weighted by Gasteiger charge is 2.10. The number of nitrogens with zero attached hydrogens (tertiary/aromatic N) is 1. The molecule has 0 aliphatic rings. The minimum Gasteiger partial charge on any atom is -0.496 e. The molecule has 2 rings (SSSR count). The van der Waals surface area contributed by atoms with Crippen molar-refractivity contribution >= 4 is 0 Å². The van der Waals surface area contributed by atoms with Gasteiger partial charge in [0.15, 0.2) is 0 Å². The van der Waals surface area contributed by atoms with Crippen molar-refractivity contribution in [1.29, 1.82) is 5.26 Å². The highest BCUT2D eigenvalue weighted by atomic mass is 16.5. The molecule has 0 aliphatic carbocycles. The Morgan fingerprint density at radius 1 is 1.05 bits per heavy atom. The quantitative estimate of drug-likeness (QED) is 0.798. The minimum atomic E-state index is 0.486. The molecule has 0 radical (unpaired) electrons. The van der Waals surface area contributed by atoms with E-state index < -0.39 is 0 Å². The number of nitrogens with one attached hydrogen (secondary N) is 1. The fourth-order valence-corrected chi connectivity index (χ4v) is 2.30. The highest BCUT2D eigenvalue weighted by Crippen LogP contribution is 2.28. The molecule has 0 amide bonds. The van der Waals surface area contributed by atoms with Crippen LogP contribution in [0.5, 0.6) is 11.5 Å². The van der Waals surface area contributed by atoms with Crippen LogP contribution in [0.4, 0.5) is 0 Å². The first-order chi connectivity index (χ1) is 10.8. The lowest BCUT2D eigenvalue weighted by atomic mass is 10.1. The van der Waals surface area contributed by atoms with Gasteiger partial charge in [0.05, 0.1) is 19.8 Å². The van der Waals surface area contributed by atoms with Gasteiger partial charge >= 0.3 is 0 Å². The van der Waals surface area contributed by atoms with Crippen molar-refractivity contribution < 1.29 is 9.47 Å². The van der Waals surface area contributed by atoms with E-state index in [0.717, 1.165) is 30.8 Å². The number of nitriles is 1. The zero-order valence-electron chi connectivity index (χ0n) is 12.9. The molecule has 0 aromatic heterocycles. The standard InChI is InChI=1S/C18H20N2O2/c1-21-17-11-16(12-19)18(22-2)10-15(17)8-9-20-13-14-6-4-3-5-7-14/h3-7,10-11,20H,8-9,13H2,1-2H3. The van der Waals surface area contributed by atoms with Crippen LogP contribution in [0, 0.1) is 11.3 Å².